The number of aryl methyl sites for hydroxylation is 1. The topological polar surface area (TPSA) is 42.4 Å². The Morgan fingerprint density at radius 3 is 2.67 bits per heavy atom. The standard InChI is InChI=1S/C15H26N2O/c1-3-13-8-9-14(18-13)11-17(2)15-7-5-4-6-12(15)10-16/h8-9,12,15H,3-7,10-11,16H2,1-2H3. The third-order valence-corrected chi connectivity index (χ3v) is 4.21. The molecular formula is C15H26N2O. The number of nitrogens with zero attached hydrogens (tertiary/aromatic N) is 1. The van der Waals surface area contributed by atoms with E-state index in [1.165, 1.54) is 25.7 Å². The minimum atomic E-state index is 0.624. The second-order valence-corrected chi connectivity index (χ2v) is 5.48. The van der Waals surface area contributed by atoms with Gasteiger partial charge in [-0.2, -0.15) is 0 Å². The van der Waals surface area contributed by atoms with Crippen molar-refractivity contribution < 1.29 is 4.42 Å². The molecule has 0 bridgehead atoms. The molecule has 1 aromatic heterocycles. The van der Waals surface area contributed by atoms with Crippen molar-refractivity contribution in [1.82, 2.24) is 4.90 Å². The molecule has 1 aliphatic carbocycles. The fourth-order valence-corrected chi connectivity index (χ4v) is 3.10. The molecule has 1 saturated carbocycles. The minimum absolute atomic E-state index is 0.624. The van der Waals surface area contributed by atoms with Gasteiger partial charge in [-0.15, -0.1) is 0 Å². The Hall–Kier alpha value is -0.800. The van der Waals surface area contributed by atoms with Gasteiger partial charge in [0.2, 0.25) is 0 Å². The van der Waals surface area contributed by atoms with E-state index in [1.54, 1.807) is 0 Å². The van der Waals surface area contributed by atoms with Crippen LogP contribution in [-0.2, 0) is 13.0 Å². The van der Waals surface area contributed by atoms with Crippen LogP contribution in [0.3, 0.4) is 0 Å². The van der Waals surface area contributed by atoms with Gasteiger partial charge < -0.3 is 10.2 Å². The third-order valence-electron chi connectivity index (χ3n) is 4.21. The van der Waals surface area contributed by atoms with Gasteiger partial charge in [-0.05, 0) is 44.5 Å². The van der Waals surface area contributed by atoms with E-state index < -0.39 is 0 Å². The maximum Gasteiger partial charge on any atom is 0.118 e. The number of hydrogen-bond acceptors (Lipinski definition) is 3. The van der Waals surface area contributed by atoms with Crippen molar-refractivity contribution in [3.63, 3.8) is 0 Å². The Bertz CT molecular complexity index is 361. The van der Waals surface area contributed by atoms with Gasteiger partial charge in [0.1, 0.15) is 11.5 Å². The van der Waals surface area contributed by atoms with E-state index in [0.29, 0.717) is 12.0 Å². The maximum atomic E-state index is 5.90. The molecule has 0 saturated heterocycles. The van der Waals surface area contributed by atoms with Crippen LogP contribution in [0.4, 0.5) is 0 Å². The molecule has 0 aliphatic heterocycles. The fraction of sp³-hybridized carbons (Fsp3) is 0.733. The highest BCUT2D eigenvalue weighted by Crippen LogP contribution is 2.28. The molecule has 0 spiro atoms. The van der Waals surface area contributed by atoms with Crippen LogP contribution in [0.1, 0.15) is 44.1 Å². The Kier molecular flexibility index (Phi) is 4.84. The Morgan fingerprint density at radius 2 is 2.00 bits per heavy atom. The van der Waals surface area contributed by atoms with Gasteiger partial charge >= 0.3 is 0 Å². The summed E-state index contributed by atoms with van der Waals surface area (Å²) in [5.41, 5.74) is 5.90. The van der Waals surface area contributed by atoms with Crippen LogP contribution in [0.5, 0.6) is 0 Å². The lowest BCUT2D eigenvalue weighted by Gasteiger charge is -2.37. The van der Waals surface area contributed by atoms with Gasteiger partial charge in [-0.25, -0.2) is 0 Å². The van der Waals surface area contributed by atoms with Gasteiger partial charge in [0.05, 0.1) is 6.54 Å². The normalized spacial score (nSPS) is 24.7. The summed E-state index contributed by atoms with van der Waals surface area (Å²) in [6.45, 7) is 3.84. The summed E-state index contributed by atoms with van der Waals surface area (Å²) < 4.78 is 5.79. The van der Waals surface area contributed by atoms with Crippen molar-refractivity contribution in [3.05, 3.63) is 23.7 Å². The molecule has 1 fully saturated rings. The van der Waals surface area contributed by atoms with Gasteiger partial charge in [0.15, 0.2) is 0 Å². The van der Waals surface area contributed by atoms with E-state index in [2.05, 4.69) is 31.0 Å². The SMILES string of the molecule is CCc1ccc(CN(C)C2CCCCC2CN)o1. The molecule has 1 aliphatic rings. The highest BCUT2D eigenvalue weighted by Gasteiger charge is 2.27. The average molecular weight is 250 g/mol. The van der Waals surface area contributed by atoms with Crippen molar-refractivity contribution in [2.75, 3.05) is 13.6 Å². The predicted molar refractivity (Wildman–Crippen MR) is 74.4 cm³/mol. The largest absolute Gasteiger partial charge is 0.465 e. The number of rotatable bonds is 5. The number of hydrogen-bond donors (Lipinski definition) is 1. The zero-order valence-electron chi connectivity index (χ0n) is 11.7. The van der Waals surface area contributed by atoms with Crippen molar-refractivity contribution >= 4 is 0 Å². The molecule has 1 heterocycles. The second kappa shape index (κ2) is 6.39. The second-order valence-electron chi connectivity index (χ2n) is 5.48. The summed E-state index contributed by atoms with van der Waals surface area (Å²) in [7, 11) is 2.20. The molecule has 18 heavy (non-hydrogen) atoms. The van der Waals surface area contributed by atoms with Crippen LogP contribution < -0.4 is 5.73 Å². The lowest BCUT2D eigenvalue weighted by atomic mass is 9.83. The molecule has 3 heteroatoms. The van der Waals surface area contributed by atoms with Gasteiger partial charge in [0, 0.05) is 12.5 Å². The first-order valence-electron chi connectivity index (χ1n) is 7.22. The molecule has 0 amide bonds. The fourth-order valence-electron chi connectivity index (χ4n) is 3.10. The molecule has 0 radical (unpaired) electrons. The summed E-state index contributed by atoms with van der Waals surface area (Å²) >= 11 is 0. The van der Waals surface area contributed by atoms with Gasteiger partial charge in [-0.3, -0.25) is 4.90 Å². The summed E-state index contributed by atoms with van der Waals surface area (Å²) in [4.78, 5) is 2.43. The Labute approximate surface area is 110 Å². The van der Waals surface area contributed by atoms with Crippen molar-refractivity contribution in [2.45, 2.75) is 51.6 Å². The highest BCUT2D eigenvalue weighted by molar-refractivity contribution is 5.07. The first-order valence-corrected chi connectivity index (χ1v) is 7.22. The maximum absolute atomic E-state index is 5.90. The van der Waals surface area contributed by atoms with Crippen LogP contribution in [0, 0.1) is 5.92 Å². The molecule has 0 aromatic carbocycles. The summed E-state index contributed by atoms with van der Waals surface area (Å²) in [6, 6.07) is 4.82. The molecule has 2 N–H and O–H groups in total. The summed E-state index contributed by atoms with van der Waals surface area (Å²) in [5, 5.41) is 0. The third kappa shape index (κ3) is 3.15. The monoisotopic (exact) mass is 250 g/mol. The van der Waals surface area contributed by atoms with E-state index >= 15 is 0 Å². The lowest BCUT2D eigenvalue weighted by molar-refractivity contribution is 0.119. The minimum Gasteiger partial charge on any atom is -0.465 e. The van der Waals surface area contributed by atoms with Crippen LogP contribution in [-0.4, -0.2) is 24.5 Å². The lowest BCUT2D eigenvalue weighted by Crippen LogP contribution is -2.42. The van der Waals surface area contributed by atoms with Crippen LogP contribution in [0.25, 0.3) is 0 Å². The highest BCUT2D eigenvalue weighted by atomic mass is 16.3. The predicted octanol–water partition coefficient (Wildman–Crippen LogP) is 2.79. The molecule has 2 atom stereocenters. The zero-order chi connectivity index (χ0) is 13.0. The molecule has 1 aromatic rings. The van der Waals surface area contributed by atoms with E-state index in [9.17, 15) is 0 Å². The van der Waals surface area contributed by atoms with E-state index in [1.807, 2.05) is 0 Å². The molecule has 102 valence electrons. The first-order chi connectivity index (χ1) is 8.74. The van der Waals surface area contributed by atoms with Crippen LogP contribution in [0.2, 0.25) is 0 Å². The zero-order valence-corrected chi connectivity index (χ0v) is 11.7. The molecular weight excluding hydrogens is 224 g/mol. The van der Waals surface area contributed by atoms with E-state index in [0.717, 1.165) is 31.0 Å². The quantitative estimate of drug-likeness (QED) is 0.873. The van der Waals surface area contributed by atoms with Crippen molar-refractivity contribution in [1.29, 1.82) is 0 Å². The number of nitrogens with two attached hydrogens (primary N) is 1. The Balaban J connectivity index is 1.95. The first kappa shape index (κ1) is 13.6. The molecule has 2 rings (SSSR count). The Morgan fingerprint density at radius 1 is 1.28 bits per heavy atom. The summed E-state index contributed by atoms with van der Waals surface area (Å²) in [6.07, 6.45) is 6.21. The van der Waals surface area contributed by atoms with Crippen molar-refractivity contribution in [2.24, 2.45) is 11.7 Å². The van der Waals surface area contributed by atoms with Crippen molar-refractivity contribution in [3.8, 4) is 0 Å². The van der Waals surface area contributed by atoms with Crippen LogP contribution >= 0.6 is 0 Å². The smallest absolute Gasteiger partial charge is 0.118 e. The average Bonchev–Trinajstić information content (AvgIpc) is 2.86. The van der Waals surface area contributed by atoms with E-state index in [4.69, 9.17) is 10.2 Å². The van der Waals surface area contributed by atoms with E-state index in [-0.39, 0.29) is 0 Å². The molecule has 2 unspecified atom stereocenters. The molecule has 3 nitrogen and oxygen atoms in total. The number of furan rings is 1. The summed E-state index contributed by atoms with van der Waals surface area (Å²) in [5.74, 6) is 2.82. The van der Waals surface area contributed by atoms with Crippen LogP contribution in [0.15, 0.2) is 16.5 Å². The van der Waals surface area contributed by atoms with Gasteiger partial charge in [0.25, 0.3) is 0 Å². The van der Waals surface area contributed by atoms with Gasteiger partial charge in [-0.1, -0.05) is 19.8 Å².